The van der Waals surface area contributed by atoms with E-state index in [0.717, 1.165) is 6.54 Å². The quantitative estimate of drug-likeness (QED) is 0.559. The second-order valence-electron chi connectivity index (χ2n) is 4.16. The maximum absolute atomic E-state index is 4.71. The third-order valence-electron chi connectivity index (χ3n) is 3.07. The summed E-state index contributed by atoms with van der Waals surface area (Å²) in [4.78, 5) is 7.23. The van der Waals surface area contributed by atoms with Gasteiger partial charge in [0, 0.05) is 26.1 Å². The summed E-state index contributed by atoms with van der Waals surface area (Å²) in [7, 11) is 0. The van der Waals surface area contributed by atoms with Gasteiger partial charge in [0.1, 0.15) is 0 Å². The molecule has 13 heavy (non-hydrogen) atoms. The lowest BCUT2D eigenvalue weighted by Gasteiger charge is -2.30. The van der Waals surface area contributed by atoms with Crippen molar-refractivity contribution < 1.29 is 0 Å². The smallest absolute Gasteiger partial charge is 0.0988 e. The number of piperidine rings is 1. The van der Waals surface area contributed by atoms with Gasteiger partial charge in [0.15, 0.2) is 0 Å². The largest absolute Gasteiger partial charge is 0.360 e. The predicted octanol–water partition coefficient (Wildman–Crippen LogP) is 2.44. The van der Waals surface area contributed by atoms with E-state index in [4.69, 9.17) is 4.99 Å². The van der Waals surface area contributed by atoms with E-state index in [1.165, 1.54) is 63.9 Å². The Morgan fingerprint density at radius 2 is 1.62 bits per heavy atom. The van der Waals surface area contributed by atoms with Crippen molar-refractivity contribution in [3.63, 3.8) is 0 Å². The standard InChI is InChI=1S/C11H20N2/c1-2-5-9-13-10-6-3-7-11(13)12-8-4-1/h1-10H2/b12-11+. The first-order valence-electron chi connectivity index (χ1n) is 5.75. The van der Waals surface area contributed by atoms with Crippen LogP contribution < -0.4 is 0 Å². The van der Waals surface area contributed by atoms with Crippen molar-refractivity contribution in [1.82, 2.24) is 4.90 Å². The summed E-state index contributed by atoms with van der Waals surface area (Å²) < 4.78 is 0. The Bertz CT molecular complexity index is 187. The zero-order valence-corrected chi connectivity index (χ0v) is 8.47. The monoisotopic (exact) mass is 180 g/mol. The van der Waals surface area contributed by atoms with Gasteiger partial charge in [-0.15, -0.1) is 0 Å². The van der Waals surface area contributed by atoms with Gasteiger partial charge in [-0.1, -0.05) is 12.8 Å². The number of fused-ring (bicyclic) bond motifs is 1. The molecule has 0 aromatic rings. The van der Waals surface area contributed by atoms with Gasteiger partial charge in [-0.25, -0.2) is 0 Å². The minimum atomic E-state index is 1.08. The molecule has 0 saturated carbocycles. The molecule has 2 heterocycles. The van der Waals surface area contributed by atoms with Crippen molar-refractivity contribution in [1.29, 1.82) is 0 Å². The molecule has 0 atom stereocenters. The van der Waals surface area contributed by atoms with Gasteiger partial charge in [0.25, 0.3) is 0 Å². The highest BCUT2D eigenvalue weighted by molar-refractivity contribution is 5.82. The zero-order chi connectivity index (χ0) is 8.93. The number of amidine groups is 1. The summed E-state index contributed by atoms with van der Waals surface area (Å²) in [5, 5.41) is 0. The molecule has 0 unspecified atom stereocenters. The van der Waals surface area contributed by atoms with Crippen LogP contribution in [-0.2, 0) is 0 Å². The van der Waals surface area contributed by atoms with E-state index in [2.05, 4.69) is 4.90 Å². The first kappa shape index (κ1) is 9.04. The molecule has 0 N–H and O–H groups in total. The second-order valence-corrected chi connectivity index (χ2v) is 4.16. The van der Waals surface area contributed by atoms with E-state index >= 15 is 0 Å². The number of hydrogen-bond acceptors (Lipinski definition) is 2. The topological polar surface area (TPSA) is 15.6 Å². The molecule has 1 saturated heterocycles. The molecule has 0 spiro atoms. The van der Waals surface area contributed by atoms with Gasteiger partial charge < -0.3 is 4.90 Å². The predicted molar refractivity (Wildman–Crippen MR) is 56.2 cm³/mol. The van der Waals surface area contributed by atoms with Gasteiger partial charge in [0.05, 0.1) is 5.84 Å². The fraction of sp³-hybridized carbons (Fsp3) is 0.909. The molecule has 0 aliphatic carbocycles. The molecule has 74 valence electrons. The average Bonchev–Trinajstić information content (AvgIpc) is 2.28. The number of aliphatic imine (C=N–C) groups is 1. The molecular weight excluding hydrogens is 160 g/mol. The lowest BCUT2D eigenvalue weighted by Crippen LogP contribution is -2.36. The van der Waals surface area contributed by atoms with Crippen molar-refractivity contribution in [2.24, 2.45) is 4.99 Å². The van der Waals surface area contributed by atoms with Crippen LogP contribution in [0.15, 0.2) is 4.99 Å². The summed E-state index contributed by atoms with van der Waals surface area (Å²) in [5.74, 6) is 1.41. The number of hydrogen-bond donors (Lipinski definition) is 0. The average molecular weight is 180 g/mol. The van der Waals surface area contributed by atoms with Gasteiger partial charge in [-0.05, 0) is 25.7 Å². The van der Waals surface area contributed by atoms with Crippen LogP contribution in [0.4, 0.5) is 0 Å². The SMILES string of the molecule is C1CCCN2CCCC/C2=N\CC1. The van der Waals surface area contributed by atoms with E-state index in [1.807, 2.05) is 0 Å². The highest BCUT2D eigenvalue weighted by atomic mass is 15.2. The van der Waals surface area contributed by atoms with Crippen LogP contribution in [0.3, 0.4) is 0 Å². The summed E-state index contributed by atoms with van der Waals surface area (Å²) in [5.41, 5.74) is 0. The molecular formula is C11H20N2. The second kappa shape index (κ2) is 4.64. The summed E-state index contributed by atoms with van der Waals surface area (Å²) in [6, 6.07) is 0. The number of rotatable bonds is 0. The van der Waals surface area contributed by atoms with Crippen LogP contribution in [0.2, 0.25) is 0 Å². The Hall–Kier alpha value is -0.530. The summed E-state index contributed by atoms with van der Waals surface area (Å²) >= 11 is 0. The first-order chi connectivity index (χ1) is 6.47. The van der Waals surface area contributed by atoms with Crippen LogP contribution >= 0.6 is 0 Å². The molecule has 2 aliphatic rings. The minimum absolute atomic E-state index is 1.08. The lowest BCUT2D eigenvalue weighted by atomic mass is 10.1. The molecule has 0 bridgehead atoms. The normalized spacial score (nSPS) is 29.2. The Labute approximate surface area is 81.0 Å². The number of nitrogens with zero attached hydrogens (tertiary/aromatic N) is 2. The molecule has 0 aromatic carbocycles. The van der Waals surface area contributed by atoms with Crippen molar-refractivity contribution in [2.45, 2.75) is 44.9 Å². The highest BCUT2D eigenvalue weighted by Crippen LogP contribution is 2.15. The van der Waals surface area contributed by atoms with Crippen LogP contribution in [0, 0.1) is 0 Å². The van der Waals surface area contributed by atoms with E-state index < -0.39 is 0 Å². The Morgan fingerprint density at radius 3 is 2.54 bits per heavy atom. The third kappa shape index (κ3) is 2.45. The summed E-state index contributed by atoms with van der Waals surface area (Å²) in [6.45, 7) is 3.60. The fourth-order valence-corrected chi connectivity index (χ4v) is 2.27. The van der Waals surface area contributed by atoms with Crippen LogP contribution in [0.25, 0.3) is 0 Å². The Kier molecular flexibility index (Phi) is 3.22. The molecule has 2 heteroatoms. The molecule has 0 amide bonds. The Balaban J connectivity index is 1.99. The molecule has 2 aliphatic heterocycles. The van der Waals surface area contributed by atoms with Gasteiger partial charge in [-0.2, -0.15) is 0 Å². The van der Waals surface area contributed by atoms with Gasteiger partial charge in [-0.3, -0.25) is 4.99 Å². The molecule has 0 radical (unpaired) electrons. The Morgan fingerprint density at radius 1 is 0.846 bits per heavy atom. The van der Waals surface area contributed by atoms with Gasteiger partial charge in [0.2, 0.25) is 0 Å². The summed E-state index contributed by atoms with van der Waals surface area (Å²) in [6.07, 6.45) is 9.43. The van der Waals surface area contributed by atoms with Gasteiger partial charge >= 0.3 is 0 Å². The van der Waals surface area contributed by atoms with Crippen molar-refractivity contribution in [3.8, 4) is 0 Å². The molecule has 0 aromatic heterocycles. The molecule has 1 fully saturated rings. The van der Waals surface area contributed by atoms with Crippen molar-refractivity contribution >= 4 is 5.84 Å². The maximum Gasteiger partial charge on any atom is 0.0988 e. The van der Waals surface area contributed by atoms with E-state index in [-0.39, 0.29) is 0 Å². The third-order valence-corrected chi connectivity index (χ3v) is 3.07. The van der Waals surface area contributed by atoms with Crippen LogP contribution in [-0.4, -0.2) is 30.4 Å². The zero-order valence-electron chi connectivity index (χ0n) is 8.47. The highest BCUT2D eigenvalue weighted by Gasteiger charge is 2.15. The molecule has 2 rings (SSSR count). The van der Waals surface area contributed by atoms with Crippen LogP contribution in [0.1, 0.15) is 44.9 Å². The fourth-order valence-electron chi connectivity index (χ4n) is 2.27. The lowest BCUT2D eigenvalue weighted by molar-refractivity contribution is 0.361. The van der Waals surface area contributed by atoms with Crippen molar-refractivity contribution in [3.05, 3.63) is 0 Å². The van der Waals surface area contributed by atoms with E-state index in [1.54, 1.807) is 0 Å². The first-order valence-corrected chi connectivity index (χ1v) is 5.75. The van der Waals surface area contributed by atoms with E-state index in [0.29, 0.717) is 0 Å². The minimum Gasteiger partial charge on any atom is -0.360 e. The maximum atomic E-state index is 4.71. The van der Waals surface area contributed by atoms with Crippen molar-refractivity contribution in [2.75, 3.05) is 19.6 Å². The molecule has 2 nitrogen and oxygen atoms in total. The van der Waals surface area contributed by atoms with E-state index in [9.17, 15) is 0 Å². The van der Waals surface area contributed by atoms with Crippen LogP contribution in [0.5, 0.6) is 0 Å².